The highest BCUT2D eigenvalue weighted by Gasteiger charge is 2.03. The van der Waals surface area contributed by atoms with Gasteiger partial charge in [-0.2, -0.15) is 5.10 Å². The molecule has 0 spiro atoms. The molecule has 0 radical (unpaired) electrons. The molecule has 2 rings (SSSR count). The summed E-state index contributed by atoms with van der Waals surface area (Å²) in [4.78, 5) is 1.22. The highest BCUT2D eigenvalue weighted by Crippen LogP contribution is 2.22. The Morgan fingerprint density at radius 3 is 2.64 bits per heavy atom. The van der Waals surface area contributed by atoms with E-state index in [1.165, 1.54) is 4.90 Å². The van der Waals surface area contributed by atoms with Gasteiger partial charge in [0.05, 0.1) is 6.21 Å². The van der Waals surface area contributed by atoms with Crippen molar-refractivity contribution < 1.29 is 0 Å². The van der Waals surface area contributed by atoms with Crippen LogP contribution in [-0.4, -0.2) is 17.6 Å². The predicted molar refractivity (Wildman–Crippen MR) is 101 cm³/mol. The second kappa shape index (κ2) is 8.17. The van der Waals surface area contributed by atoms with Crippen molar-refractivity contribution in [2.24, 2.45) is 5.10 Å². The van der Waals surface area contributed by atoms with Gasteiger partial charge in [-0.3, -0.25) is 5.43 Å². The number of benzene rings is 2. The Morgan fingerprint density at radius 2 is 1.95 bits per heavy atom. The van der Waals surface area contributed by atoms with Gasteiger partial charge in [0.15, 0.2) is 5.11 Å². The number of rotatable bonds is 4. The average Bonchev–Trinajstić information content (AvgIpc) is 2.52. The van der Waals surface area contributed by atoms with Crippen LogP contribution in [0.2, 0.25) is 5.02 Å². The Morgan fingerprint density at radius 1 is 1.23 bits per heavy atom. The minimum Gasteiger partial charge on any atom is -0.331 e. The third-order valence-corrected chi connectivity index (χ3v) is 4.36. The molecule has 0 aromatic heterocycles. The molecule has 0 unspecified atom stereocenters. The van der Waals surface area contributed by atoms with Crippen LogP contribution < -0.4 is 10.7 Å². The number of hydrogen-bond donors (Lipinski definition) is 2. The van der Waals surface area contributed by atoms with Crippen LogP contribution in [0.4, 0.5) is 5.69 Å². The SMILES string of the molecule is CSc1ccc(/C=N/NC(=S)Nc2cccc(Cl)c2C)cc1. The van der Waals surface area contributed by atoms with Gasteiger partial charge >= 0.3 is 0 Å². The summed E-state index contributed by atoms with van der Waals surface area (Å²) in [5, 5.41) is 8.32. The van der Waals surface area contributed by atoms with Crippen molar-refractivity contribution >= 4 is 52.6 Å². The van der Waals surface area contributed by atoms with Crippen LogP contribution in [0.5, 0.6) is 0 Å². The third-order valence-electron chi connectivity index (χ3n) is 3.01. The molecular formula is C16H16ClN3S2. The summed E-state index contributed by atoms with van der Waals surface area (Å²) in [6, 6.07) is 13.8. The molecule has 0 saturated carbocycles. The van der Waals surface area contributed by atoms with Crippen LogP contribution in [0.3, 0.4) is 0 Å². The zero-order valence-corrected chi connectivity index (χ0v) is 14.6. The molecule has 0 bridgehead atoms. The molecular weight excluding hydrogens is 334 g/mol. The number of anilines is 1. The Balaban J connectivity index is 1.91. The molecule has 6 heteroatoms. The second-order valence-corrected chi connectivity index (χ2v) is 6.20. The summed E-state index contributed by atoms with van der Waals surface area (Å²) in [6.45, 7) is 1.93. The zero-order valence-electron chi connectivity index (χ0n) is 12.3. The topological polar surface area (TPSA) is 36.4 Å². The van der Waals surface area contributed by atoms with Gasteiger partial charge in [0.25, 0.3) is 0 Å². The minimum atomic E-state index is 0.419. The van der Waals surface area contributed by atoms with Crippen molar-refractivity contribution in [1.82, 2.24) is 5.43 Å². The van der Waals surface area contributed by atoms with Crippen molar-refractivity contribution in [2.45, 2.75) is 11.8 Å². The molecule has 114 valence electrons. The molecule has 3 nitrogen and oxygen atoms in total. The number of thiocarbonyl (C=S) groups is 1. The summed E-state index contributed by atoms with van der Waals surface area (Å²) < 4.78 is 0. The van der Waals surface area contributed by atoms with Crippen LogP contribution in [0.15, 0.2) is 52.5 Å². The predicted octanol–water partition coefficient (Wildman–Crippen LogP) is 4.69. The Kier molecular flexibility index (Phi) is 6.24. The lowest BCUT2D eigenvalue weighted by atomic mass is 10.2. The Hall–Kier alpha value is -1.56. The highest BCUT2D eigenvalue weighted by atomic mass is 35.5. The fourth-order valence-corrected chi connectivity index (χ4v) is 2.49. The molecule has 2 N–H and O–H groups in total. The Labute approximate surface area is 145 Å². The quantitative estimate of drug-likeness (QED) is 0.363. The number of nitrogens with one attached hydrogen (secondary N) is 2. The first-order valence-electron chi connectivity index (χ1n) is 6.59. The van der Waals surface area contributed by atoms with E-state index in [1.807, 2.05) is 43.5 Å². The number of nitrogens with zero attached hydrogens (tertiary/aromatic N) is 1. The molecule has 0 saturated heterocycles. The van der Waals surface area contributed by atoms with E-state index in [0.29, 0.717) is 10.1 Å². The normalized spacial score (nSPS) is 10.7. The number of thioether (sulfide) groups is 1. The lowest BCUT2D eigenvalue weighted by Crippen LogP contribution is -2.24. The maximum Gasteiger partial charge on any atom is 0.191 e. The third kappa shape index (κ3) is 4.73. The van der Waals surface area contributed by atoms with Crippen LogP contribution in [0, 0.1) is 6.92 Å². The van der Waals surface area contributed by atoms with Crippen LogP contribution in [0.1, 0.15) is 11.1 Å². The molecule has 0 amide bonds. The van der Waals surface area contributed by atoms with Gasteiger partial charge in [-0.1, -0.05) is 29.8 Å². The summed E-state index contributed by atoms with van der Waals surface area (Å²) in [6.07, 6.45) is 3.77. The van der Waals surface area contributed by atoms with Gasteiger partial charge in [0.1, 0.15) is 0 Å². The first-order valence-corrected chi connectivity index (χ1v) is 8.60. The maximum absolute atomic E-state index is 6.07. The van der Waals surface area contributed by atoms with E-state index in [0.717, 1.165) is 16.8 Å². The molecule has 0 heterocycles. The molecule has 2 aromatic rings. The first-order chi connectivity index (χ1) is 10.6. The van der Waals surface area contributed by atoms with Crippen LogP contribution in [-0.2, 0) is 0 Å². The molecule has 2 aromatic carbocycles. The molecule has 0 aliphatic heterocycles. The number of halogens is 1. The van der Waals surface area contributed by atoms with E-state index in [4.69, 9.17) is 23.8 Å². The highest BCUT2D eigenvalue weighted by molar-refractivity contribution is 7.98. The van der Waals surface area contributed by atoms with Crippen molar-refractivity contribution in [3.05, 3.63) is 58.6 Å². The number of hydrogen-bond acceptors (Lipinski definition) is 3. The fraction of sp³-hybridized carbons (Fsp3) is 0.125. The molecule has 0 aliphatic carbocycles. The van der Waals surface area contributed by atoms with Gasteiger partial charge in [-0.25, -0.2) is 0 Å². The average molecular weight is 350 g/mol. The van der Waals surface area contributed by atoms with Crippen molar-refractivity contribution in [1.29, 1.82) is 0 Å². The summed E-state index contributed by atoms with van der Waals surface area (Å²) in [5.41, 5.74) is 5.62. The van der Waals surface area contributed by atoms with Gasteiger partial charge < -0.3 is 5.32 Å². The molecule has 0 fully saturated rings. The zero-order chi connectivity index (χ0) is 15.9. The Bertz CT molecular complexity index is 684. The van der Waals surface area contributed by atoms with E-state index in [9.17, 15) is 0 Å². The van der Waals surface area contributed by atoms with E-state index < -0.39 is 0 Å². The van der Waals surface area contributed by atoms with E-state index in [1.54, 1.807) is 18.0 Å². The maximum atomic E-state index is 6.07. The summed E-state index contributed by atoms with van der Waals surface area (Å²) in [7, 11) is 0. The summed E-state index contributed by atoms with van der Waals surface area (Å²) in [5.74, 6) is 0. The smallest absolute Gasteiger partial charge is 0.191 e. The lowest BCUT2D eigenvalue weighted by molar-refractivity contribution is 1.05. The van der Waals surface area contributed by atoms with Crippen LogP contribution in [0.25, 0.3) is 0 Å². The van der Waals surface area contributed by atoms with Gasteiger partial charge in [0.2, 0.25) is 0 Å². The van der Waals surface area contributed by atoms with Gasteiger partial charge in [0, 0.05) is 15.6 Å². The molecule has 22 heavy (non-hydrogen) atoms. The van der Waals surface area contributed by atoms with E-state index in [2.05, 4.69) is 28.0 Å². The van der Waals surface area contributed by atoms with E-state index >= 15 is 0 Å². The van der Waals surface area contributed by atoms with Crippen molar-refractivity contribution in [3.8, 4) is 0 Å². The van der Waals surface area contributed by atoms with Gasteiger partial charge in [-0.15, -0.1) is 11.8 Å². The van der Waals surface area contributed by atoms with Crippen molar-refractivity contribution in [3.63, 3.8) is 0 Å². The fourth-order valence-electron chi connectivity index (χ4n) is 1.75. The van der Waals surface area contributed by atoms with Crippen molar-refractivity contribution in [2.75, 3.05) is 11.6 Å². The largest absolute Gasteiger partial charge is 0.331 e. The van der Waals surface area contributed by atoms with E-state index in [-0.39, 0.29) is 0 Å². The standard InChI is InChI=1S/C16H16ClN3S2/c1-11-14(17)4-3-5-15(11)19-16(21)20-18-10-12-6-8-13(22-2)9-7-12/h3-10H,1-2H3,(H2,19,20,21)/b18-10+. The first kappa shape index (κ1) is 16.8. The molecule has 0 aliphatic rings. The lowest BCUT2D eigenvalue weighted by Gasteiger charge is -2.10. The monoisotopic (exact) mass is 349 g/mol. The van der Waals surface area contributed by atoms with Crippen LogP contribution >= 0.6 is 35.6 Å². The second-order valence-electron chi connectivity index (χ2n) is 4.51. The molecule has 0 atom stereocenters. The van der Waals surface area contributed by atoms with Gasteiger partial charge in [-0.05, 0) is 60.8 Å². The number of hydrazone groups is 1. The minimum absolute atomic E-state index is 0.419. The summed E-state index contributed by atoms with van der Waals surface area (Å²) >= 11 is 13.0.